The van der Waals surface area contributed by atoms with Gasteiger partial charge < -0.3 is 25.1 Å². The molecule has 9 heteroatoms. The van der Waals surface area contributed by atoms with Crippen molar-refractivity contribution in [3.8, 4) is 22.9 Å². The summed E-state index contributed by atoms with van der Waals surface area (Å²) in [6, 6.07) is 20.6. The normalized spacial score (nSPS) is 15.8. The Balaban J connectivity index is 1.32. The van der Waals surface area contributed by atoms with Crippen molar-refractivity contribution in [2.24, 2.45) is 5.73 Å². The number of halogens is 1. The summed E-state index contributed by atoms with van der Waals surface area (Å²) in [5, 5.41) is 4.89. The van der Waals surface area contributed by atoms with E-state index in [1.807, 2.05) is 60.7 Å². The van der Waals surface area contributed by atoms with Gasteiger partial charge in [0.25, 0.3) is 5.91 Å². The molecule has 2 aliphatic heterocycles. The molecule has 0 spiro atoms. The van der Waals surface area contributed by atoms with E-state index in [0.717, 1.165) is 35.1 Å². The van der Waals surface area contributed by atoms with Gasteiger partial charge in [-0.25, -0.2) is 4.39 Å². The first-order valence-electron chi connectivity index (χ1n) is 14.4. The minimum absolute atomic E-state index is 0.0380. The van der Waals surface area contributed by atoms with Crippen LogP contribution in [-0.4, -0.2) is 48.2 Å². The minimum Gasteiger partial charge on any atom is -0.497 e. The van der Waals surface area contributed by atoms with E-state index >= 15 is 4.39 Å². The Hall–Kier alpha value is -4.73. The van der Waals surface area contributed by atoms with Crippen molar-refractivity contribution in [2.75, 3.05) is 26.7 Å². The van der Waals surface area contributed by atoms with Crippen LogP contribution in [-0.2, 0) is 13.0 Å². The quantitative estimate of drug-likeness (QED) is 0.280. The third kappa shape index (κ3) is 4.90. The largest absolute Gasteiger partial charge is 0.497 e. The molecule has 218 valence electrons. The number of hydrogen-bond donors (Lipinski definition) is 2. The fourth-order valence-corrected chi connectivity index (χ4v) is 6.14. The van der Waals surface area contributed by atoms with Crippen LogP contribution in [0.25, 0.3) is 27.4 Å². The third-order valence-corrected chi connectivity index (χ3v) is 8.36. The van der Waals surface area contributed by atoms with E-state index in [2.05, 4.69) is 10.2 Å². The lowest BCUT2D eigenvalue weighted by Crippen LogP contribution is -2.32. The maximum atomic E-state index is 15.9. The second kappa shape index (κ2) is 10.8. The summed E-state index contributed by atoms with van der Waals surface area (Å²) in [6.45, 7) is 2.01. The molecule has 1 amide bonds. The Labute approximate surface area is 247 Å². The number of fused-ring (bicyclic) bond motifs is 3. The van der Waals surface area contributed by atoms with Gasteiger partial charge in [0.05, 0.1) is 18.2 Å². The molecule has 0 radical (unpaired) electrons. The average Bonchev–Trinajstić information content (AvgIpc) is 3.43. The van der Waals surface area contributed by atoms with Crippen LogP contribution in [0.5, 0.6) is 17.2 Å². The SMILES string of the molecule is COc1cccc(CCNC(=O)c2cn3c4c(c(CN5CCC(N)C5)c(F)cc4c2=O)Oc2cc4ccccc4cc2-3)c1. The predicted octanol–water partition coefficient (Wildman–Crippen LogP) is 4.90. The van der Waals surface area contributed by atoms with E-state index in [1.54, 1.807) is 17.9 Å². The van der Waals surface area contributed by atoms with Crippen molar-refractivity contribution in [1.29, 1.82) is 0 Å². The van der Waals surface area contributed by atoms with E-state index < -0.39 is 17.2 Å². The number of likely N-dealkylation sites (tertiary alicyclic amines) is 1. The Kier molecular flexibility index (Phi) is 6.83. The molecule has 1 atom stereocenters. The molecule has 1 aromatic heterocycles. The van der Waals surface area contributed by atoms with E-state index in [0.29, 0.717) is 54.3 Å². The third-order valence-electron chi connectivity index (χ3n) is 8.36. The zero-order valence-corrected chi connectivity index (χ0v) is 23.7. The highest BCUT2D eigenvalue weighted by Crippen LogP contribution is 2.44. The number of methoxy groups -OCH3 is 1. The predicted molar refractivity (Wildman–Crippen MR) is 164 cm³/mol. The molecule has 5 aromatic rings. The van der Waals surface area contributed by atoms with Gasteiger partial charge in [0.15, 0.2) is 11.5 Å². The van der Waals surface area contributed by atoms with Crippen molar-refractivity contribution in [3.05, 3.63) is 106 Å². The van der Waals surface area contributed by atoms with E-state index in [9.17, 15) is 9.59 Å². The Morgan fingerprint density at radius 3 is 2.70 bits per heavy atom. The summed E-state index contributed by atoms with van der Waals surface area (Å²) in [6.07, 6.45) is 2.94. The van der Waals surface area contributed by atoms with Crippen LogP contribution in [0.1, 0.15) is 27.9 Å². The molecule has 0 bridgehead atoms. The van der Waals surface area contributed by atoms with Gasteiger partial charge >= 0.3 is 0 Å². The van der Waals surface area contributed by atoms with Gasteiger partial charge in [-0.3, -0.25) is 14.5 Å². The molecule has 1 unspecified atom stereocenters. The van der Waals surface area contributed by atoms with Crippen molar-refractivity contribution in [1.82, 2.24) is 14.8 Å². The fourth-order valence-electron chi connectivity index (χ4n) is 6.14. The maximum absolute atomic E-state index is 15.9. The van der Waals surface area contributed by atoms with Crippen molar-refractivity contribution < 1.29 is 18.7 Å². The number of nitrogens with one attached hydrogen (secondary N) is 1. The first-order chi connectivity index (χ1) is 20.9. The Morgan fingerprint density at radius 1 is 1.12 bits per heavy atom. The first kappa shape index (κ1) is 27.1. The van der Waals surface area contributed by atoms with Crippen molar-refractivity contribution in [3.63, 3.8) is 0 Å². The van der Waals surface area contributed by atoms with Crippen LogP contribution in [0.3, 0.4) is 0 Å². The molecule has 43 heavy (non-hydrogen) atoms. The van der Waals surface area contributed by atoms with Gasteiger partial charge in [0, 0.05) is 44.0 Å². The number of hydrogen-bond acceptors (Lipinski definition) is 6. The van der Waals surface area contributed by atoms with Gasteiger partial charge in [-0.1, -0.05) is 36.4 Å². The number of benzene rings is 4. The first-order valence-corrected chi connectivity index (χ1v) is 14.4. The Morgan fingerprint density at radius 2 is 1.93 bits per heavy atom. The standard InChI is InChI=1S/C34H31FN4O4/c1-42-24-8-4-5-20(13-24)9-11-37-34(41)27-19-39-29-14-21-6-2-3-7-22(21)15-30(29)43-33-26(18-38-12-10-23(36)17-38)28(35)16-25(31(33)39)32(27)40/h2-8,13-16,19,23H,9-12,17-18,36H2,1H3,(H,37,41). The number of amides is 1. The van der Waals surface area contributed by atoms with Crippen molar-refractivity contribution >= 4 is 27.6 Å². The summed E-state index contributed by atoms with van der Waals surface area (Å²) in [5.41, 5.74) is 7.97. The van der Waals surface area contributed by atoms with E-state index in [-0.39, 0.29) is 17.0 Å². The second-order valence-electron chi connectivity index (χ2n) is 11.2. The zero-order chi connectivity index (χ0) is 29.7. The molecule has 1 saturated heterocycles. The van der Waals surface area contributed by atoms with Gasteiger partial charge in [-0.2, -0.15) is 0 Å². The summed E-state index contributed by atoms with van der Waals surface area (Å²) in [5.74, 6) is 0.468. The van der Waals surface area contributed by atoms with Gasteiger partial charge in [-0.15, -0.1) is 0 Å². The van der Waals surface area contributed by atoms with Crippen LogP contribution in [0.15, 0.2) is 77.7 Å². The average molecular weight is 579 g/mol. The monoisotopic (exact) mass is 578 g/mol. The summed E-state index contributed by atoms with van der Waals surface area (Å²) >= 11 is 0. The lowest BCUT2D eigenvalue weighted by Gasteiger charge is -2.27. The molecule has 0 saturated carbocycles. The number of pyridine rings is 1. The second-order valence-corrected chi connectivity index (χ2v) is 11.2. The molecule has 8 nitrogen and oxygen atoms in total. The number of nitrogens with two attached hydrogens (primary N) is 1. The lowest BCUT2D eigenvalue weighted by atomic mass is 10.0. The van der Waals surface area contributed by atoms with Crippen LogP contribution >= 0.6 is 0 Å². The molecular formula is C34H31FN4O4. The van der Waals surface area contributed by atoms with Gasteiger partial charge in [0.1, 0.15) is 22.6 Å². The van der Waals surface area contributed by atoms with Crippen LogP contribution < -0.4 is 26.0 Å². The summed E-state index contributed by atoms with van der Waals surface area (Å²) in [4.78, 5) is 29.3. The summed E-state index contributed by atoms with van der Waals surface area (Å²) in [7, 11) is 1.60. The fraction of sp³-hybridized carbons (Fsp3) is 0.235. The smallest absolute Gasteiger partial charge is 0.256 e. The minimum atomic E-state index is -0.550. The molecule has 1 fully saturated rings. The number of nitrogens with zero attached hydrogens (tertiary/aromatic N) is 2. The van der Waals surface area contributed by atoms with Crippen LogP contribution in [0.2, 0.25) is 0 Å². The highest BCUT2D eigenvalue weighted by molar-refractivity contribution is 6.00. The van der Waals surface area contributed by atoms with Gasteiger partial charge in [-0.05, 0) is 59.5 Å². The molecule has 3 heterocycles. The lowest BCUT2D eigenvalue weighted by molar-refractivity contribution is 0.0952. The van der Waals surface area contributed by atoms with Crippen LogP contribution in [0.4, 0.5) is 4.39 Å². The van der Waals surface area contributed by atoms with Crippen LogP contribution in [0, 0.1) is 5.82 Å². The number of carbonyl (C=O) groups excluding carboxylic acids is 1. The Bertz CT molecular complexity index is 1970. The number of aromatic nitrogens is 1. The topological polar surface area (TPSA) is 98.8 Å². The molecule has 4 aromatic carbocycles. The molecule has 0 aliphatic carbocycles. The molecule has 7 rings (SSSR count). The maximum Gasteiger partial charge on any atom is 0.256 e. The summed E-state index contributed by atoms with van der Waals surface area (Å²) < 4.78 is 29.4. The highest BCUT2D eigenvalue weighted by atomic mass is 19.1. The van der Waals surface area contributed by atoms with E-state index in [4.69, 9.17) is 15.2 Å². The number of ether oxygens (including phenoxy) is 2. The highest BCUT2D eigenvalue weighted by Gasteiger charge is 2.30. The number of carbonyl (C=O) groups is 1. The number of rotatable bonds is 7. The van der Waals surface area contributed by atoms with Gasteiger partial charge in [0.2, 0.25) is 5.43 Å². The molecular weight excluding hydrogens is 547 g/mol. The van der Waals surface area contributed by atoms with Crippen molar-refractivity contribution in [2.45, 2.75) is 25.4 Å². The van der Waals surface area contributed by atoms with E-state index in [1.165, 1.54) is 6.07 Å². The molecule has 2 aliphatic rings. The zero-order valence-electron chi connectivity index (χ0n) is 23.7. The molecule has 3 N–H and O–H groups in total.